The molecule has 0 bridgehead atoms. The Morgan fingerprint density at radius 3 is 3.06 bits per heavy atom. The van der Waals surface area contributed by atoms with E-state index in [2.05, 4.69) is 22.8 Å². The predicted molar refractivity (Wildman–Crippen MR) is 69.2 cm³/mol. The van der Waals surface area contributed by atoms with Gasteiger partial charge < -0.3 is 15.5 Å². The minimum absolute atomic E-state index is 0.0591. The van der Waals surface area contributed by atoms with E-state index in [0.717, 1.165) is 25.2 Å². The number of amides is 2. The van der Waals surface area contributed by atoms with Crippen molar-refractivity contribution in [2.45, 2.75) is 19.9 Å². The monoisotopic (exact) mass is 233 g/mol. The van der Waals surface area contributed by atoms with E-state index in [-0.39, 0.29) is 6.03 Å². The second kappa shape index (κ2) is 5.19. The van der Waals surface area contributed by atoms with E-state index < -0.39 is 0 Å². The Morgan fingerprint density at radius 1 is 1.47 bits per heavy atom. The van der Waals surface area contributed by atoms with Gasteiger partial charge in [-0.15, -0.1) is 0 Å². The lowest BCUT2D eigenvalue weighted by atomic mass is 10.0. The summed E-state index contributed by atoms with van der Waals surface area (Å²) in [7, 11) is 1.79. The minimum atomic E-state index is -0.0591. The first-order chi connectivity index (χ1) is 8.20. The number of carbonyl (C=O) groups excluding carboxylic acids is 1. The Labute approximate surface area is 102 Å². The van der Waals surface area contributed by atoms with Crippen LogP contribution in [-0.4, -0.2) is 31.1 Å². The van der Waals surface area contributed by atoms with Crippen molar-refractivity contribution in [3.05, 3.63) is 29.3 Å². The highest BCUT2D eigenvalue weighted by Gasteiger charge is 2.11. The van der Waals surface area contributed by atoms with Gasteiger partial charge in [0, 0.05) is 25.8 Å². The van der Waals surface area contributed by atoms with Gasteiger partial charge in [-0.2, -0.15) is 0 Å². The van der Waals surface area contributed by atoms with Crippen LogP contribution in [-0.2, 0) is 13.0 Å². The van der Waals surface area contributed by atoms with Crippen molar-refractivity contribution in [1.29, 1.82) is 0 Å². The Hall–Kier alpha value is -1.55. The summed E-state index contributed by atoms with van der Waals surface area (Å²) in [6, 6.07) is 6.09. The standard InChI is InChI=1S/C13H19N3O/c1-3-16(2)13(17)15-12-5-4-10-6-7-14-9-11(10)8-12/h4-5,8,14H,3,6-7,9H2,1-2H3,(H,15,17). The number of nitrogens with one attached hydrogen (secondary N) is 2. The van der Waals surface area contributed by atoms with Gasteiger partial charge in [0.15, 0.2) is 0 Å². The lowest BCUT2D eigenvalue weighted by molar-refractivity contribution is 0.224. The summed E-state index contributed by atoms with van der Waals surface area (Å²) in [5, 5.41) is 6.23. The molecule has 1 heterocycles. The molecule has 0 fully saturated rings. The summed E-state index contributed by atoms with van der Waals surface area (Å²) in [4.78, 5) is 13.4. The van der Waals surface area contributed by atoms with Crippen molar-refractivity contribution in [1.82, 2.24) is 10.2 Å². The van der Waals surface area contributed by atoms with Crippen molar-refractivity contribution < 1.29 is 4.79 Å². The molecule has 1 aromatic carbocycles. The minimum Gasteiger partial charge on any atom is -0.328 e. The number of fused-ring (bicyclic) bond motifs is 1. The Balaban J connectivity index is 2.09. The van der Waals surface area contributed by atoms with E-state index in [1.807, 2.05) is 13.0 Å². The molecule has 4 nitrogen and oxygen atoms in total. The van der Waals surface area contributed by atoms with E-state index in [1.165, 1.54) is 11.1 Å². The highest BCUT2D eigenvalue weighted by Crippen LogP contribution is 2.19. The molecule has 1 aliphatic rings. The molecule has 0 aliphatic carbocycles. The van der Waals surface area contributed by atoms with Crippen LogP contribution < -0.4 is 10.6 Å². The molecule has 0 saturated carbocycles. The molecular weight excluding hydrogens is 214 g/mol. The fourth-order valence-electron chi connectivity index (χ4n) is 1.92. The molecular formula is C13H19N3O. The largest absolute Gasteiger partial charge is 0.328 e. The molecule has 0 saturated heterocycles. The quantitative estimate of drug-likeness (QED) is 0.818. The maximum atomic E-state index is 11.7. The van der Waals surface area contributed by atoms with Gasteiger partial charge in [-0.3, -0.25) is 0 Å². The van der Waals surface area contributed by atoms with Crippen LogP contribution >= 0.6 is 0 Å². The smallest absolute Gasteiger partial charge is 0.321 e. The fourth-order valence-corrected chi connectivity index (χ4v) is 1.92. The lowest BCUT2D eigenvalue weighted by Gasteiger charge is -2.19. The zero-order chi connectivity index (χ0) is 12.3. The first-order valence-electron chi connectivity index (χ1n) is 6.05. The van der Waals surface area contributed by atoms with Gasteiger partial charge >= 0.3 is 6.03 Å². The average Bonchev–Trinajstić information content (AvgIpc) is 2.37. The summed E-state index contributed by atoms with van der Waals surface area (Å²) in [6.07, 6.45) is 1.07. The summed E-state index contributed by atoms with van der Waals surface area (Å²) in [5.74, 6) is 0. The third kappa shape index (κ3) is 2.77. The first-order valence-corrected chi connectivity index (χ1v) is 6.05. The van der Waals surface area contributed by atoms with Crippen LogP contribution in [0, 0.1) is 0 Å². The molecule has 1 aliphatic heterocycles. The molecule has 17 heavy (non-hydrogen) atoms. The van der Waals surface area contributed by atoms with Crippen molar-refractivity contribution in [3.63, 3.8) is 0 Å². The zero-order valence-corrected chi connectivity index (χ0v) is 10.4. The zero-order valence-electron chi connectivity index (χ0n) is 10.4. The van der Waals surface area contributed by atoms with E-state index in [0.29, 0.717) is 6.54 Å². The van der Waals surface area contributed by atoms with Crippen LogP contribution in [0.3, 0.4) is 0 Å². The number of rotatable bonds is 2. The Morgan fingerprint density at radius 2 is 2.29 bits per heavy atom. The number of hydrogen-bond acceptors (Lipinski definition) is 2. The summed E-state index contributed by atoms with van der Waals surface area (Å²) < 4.78 is 0. The molecule has 0 atom stereocenters. The summed E-state index contributed by atoms with van der Waals surface area (Å²) >= 11 is 0. The third-order valence-electron chi connectivity index (χ3n) is 3.17. The highest BCUT2D eigenvalue weighted by atomic mass is 16.2. The van der Waals surface area contributed by atoms with Gasteiger partial charge in [0.05, 0.1) is 0 Å². The Kier molecular flexibility index (Phi) is 3.64. The molecule has 1 aromatic rings. The number of anilines is 1. The van der Waals surface area contributed by atoms with Gasteiger partial charge in [-0.1, -0.05) is 6.07 Å². The van der Waals surface area contributed by atoms with Gasteiger partial charge in [-0.05, 0) is 43.1 Å². The number of hydrogen-bond donors (Lipinski definition) is 2. The van der Waals surface area contributed by atoms with E-state index >= 15 is 0 Å². The maximum absolute atomic E-state index is 11.7. The summed E-state index contributed by atoms with van der Waals surface area (Å²) in [5.41, 5.74) is 3.54. The normalized spacial score (nSPS) is 14.0. The van der Waals surface area contributed by atoms with Crippen molar-refractivity contribution in [3.8, 4) is 0 Å². The topological polar surface area (TPSA) is 44.4 Å². The van der Waals surface area contributed by atoms with Crippen LogP contribution in [0.15, 0.2) is 18.2 Å². The van der Waals surface area contributed by atoms with Crippen LogP contribution in [0.2, 0.25) is 0 Å². The van der Waals surface area contributed by atoms with Crippen LogP contribution in [0.4, 0.5) is 10.5 Å². The molecule has 0 aromatic heterocycles. The average molecular weight is 233 g/mol. The van der Waals surface area contributed by atoms with Crippen molar-refractivity contribution in [2.24, 2.45) is 0 Å². The second-order valence-corrected chi connectivity index (χ2v) is 4.35. The molecule has 92 valence electrons. The van der Waals surface area contributed by atoms with E-state index in [9.17, 15) is 4.79 Å². The highest BCUT2D eigenvalue weighted by molar-refractivity contribution is 5.89. The number of carbonyl (C=O) groups is 1. The predicted octanol–water partition coefficient (Wildman–Crippen LogP) is 1.82. The van der Waals surface area contributed by atoms with Crippen LogP contribution in [0.1, 0.15) is 18.1 Å². The molecule has 0 radical (unpaired) electrons. The third-order valence-corrected chi connectivity index (χ3v) is 3.17. The molecule has 2 amide bonds. The first kappa shape index (κ1) is 11.9. The number of benzene rings is 1. The maximum Gasteiger partial charge on any atom is 0.321 e. The molecule has 0 spiro atoms. The van der Waals surface area contributed by atoms with Crippen molar-refractivity contribution in [2.75, 3.05) is 25.5 Å². The number of nitrogens with zero attached hydrogens (tertiary/aromatic N) is 1. The van der Waals surface area contributed by atoms with E-state index in [4.69, 9.17) is 0 Å². The summed E-state index contributed by atoms with van der Waals surface area (Å²) in [6.45, 7) is 4.59. The van der Waals surface area contributed by atoms with Crippen LogP contribution in [0.5, 0.6) is 0 Å². The van der Waals surface area contributed by atoms with Crippen molar-refractivity contribution >= 4 is 11.7 Å². The van der Waals surface area contributed by atoms with Gasteiger partial charge in [0.1, 0.15) is 0 Å². The van der Waals surface area contributed by atoms with Gasteiger partial charge in [-0.25, -0.2) is 4.79 Å². The lowest BCUT2D eigenvalue weighted by Crippen LogP contribution is -2.31. The van der Waals surface area contributed by atoms with Gasteiger partial charge in [0.2, 0.25) is 0 Å². The Bertz CT molecular complexity index is 417. The fraction of sp³-hybridized carbons (Fsp3) is 0.462. The second-order valence-electron chi connectivity index (χ2n) is 4.35. The molecule has 0 unspecified atom stereocenters. The SMILES string of the molecule is CCN(C)C(=O)Nc1ccc2c(c1)CNCC2. The molecule has 2 N–H and O–H groups in total. The molecule has 2 rings (SSSR count). The van der Waals surface area contributed by atoms with E-state index in [1.54, 1.807) is 11.9 Å². The van der Waals surface area contributed by atoms with Gasteiger partial charge in [0.25, 0.3) is 0 Å². The number of urea groups is 1. The molecule has 4 heteroatoms. The van der Waals surface area contributed by atoms with Crippen LogP contribution in [0.25, 0.3) is 0 Å².